The summed E-state index contributed by atoms with van der Waals surface area (Å²) in [6, 6.07) is 7.51. The van der Waals surface area contributed by atoms with Crippen LogP contribution in [0.5, 0.6) is 0 Å². The van der Waals surface area contributed by atoms with Gasteiger partial charge in [-0.05, 0) is 26.0 Å². The minimum absolute atomic E-state index is 0.0328. The zero-order valence-electron chi connectivity index (χ0n) is 10.8. The van der Waals surface area contributed by atoms with Crippen molar-refractivity contribution in [1.29, 1.82) is 0 Å². The van der Waals surface area contributed by atoms with E-state index >= 15 is 0 Å². The Morgan fingerprint density at radius 2 is 1.59 bits per heavy atom. The van der Waals surface area contributed by atoms with E-state index < -0.39 is 5.92 Å². The molecule has 0 bridgehead atoms. The number of aryl methyl sites for hydroxylation is 1. The molecule has 17 heavy (non-hydrogen) atoms. The first kappa shape index (κ1) is 13.4. The lowest BCUT2D eigenvalue weighted by Gasteiger charge is -2.13. The van der Waals surface area contributed by atoms with Gasteiger partial charge in [-0.1, -0.05) is 31.5 Å². The number of Topliss-reactive ketones (excluding diaryl/α,β-unsaturated/α-hetero) is 1. The Hall–Kier alpha value is -1.64. The van der Waals surface area contributed by atoms with Crippen LogP contribution >= 0.6 is 0 Å². The van der Waals surface area contributed by atoms with E-state index in [2.05, 4.69) is 5.32 Å². The highest BCUT2D eigenvalue weighted by Gasteiger charge is 2.23. The van der Waals surface area contributed by atoms with Gasteiger partial charge in [-0.25, -0.2) is 0 Å². The molecule has 0 heterocycles. The maximum Gasteiger partial charge on any atom is 0.234 e. The van der Waals surface area contributed by atoms with Crippen molar-refractivity contribution in [2.24, 2.45) is 11.8 Å². The van der Waals surface area contributed by atoms with Crippen molar-refractivity contribution in [3.05, 3.63) is 29.8 Å². The lowest BCUT2D eigenvalue weighted by molar-refractivity contribution is -0.132. The fourth-order valence-electron chi connectivity index (χ4n) is 1.52. The molecule has 1 aromatic rings. The number of carbonyl (C=O) groups excluding carboxylic acids is 2. The summed E-state index contributed by atoms with van der Waals surface area (Å²) in [5, 5.41) is 2.74. The molecule has 0 radical (unpaired) electrons. The number of ketones is 1. The first-order chi connectivity index (χ1) is 7.91. The van der Waals surface area contributed by atoms with Gasteiger partial charge in [0, 0.05) is 11.6 Å². The van der Waals surface area contributed by atoms with E-state index in [9.17, 15) is 9.59 Å². The third-order valence-electron chi connectivity index (χ3n) is 2.71. The summed E-state index contributed by atoms with van der Waals surface area (Å²) in [4.78, 5) is 23.5. The van der Waals surface area contributed by atoms with Gasteiger partial charge in [-0.15, -0.1) is 0 Å². The van der Waals surface area contributed by atoms with Crippen LogP contribution in [0.4, 0.5) is 5.69 Å². The molecule has 0 aliphatic heterocycles. The molecule has 1 aromatic carbocycles. The molecule has 1 unspecified atom stereocenters. The number of anilines is 1. The van der Waals surface area contributed by atoms with E-state index in [0.29, 0.717) is 0 Å². The minimum Gasteiger partial charge on any atom is -0.325 e. The molecule has 1 atom stereocenters. The lowest BCUT2D eigenvalue weighted by atomic mass is 9.96. The minimum atomic E-state index is -0.601. The Kier molecular flexibility index (Phi) is 4.44. The normalized spacial score (nSPS) is 12.3. The van der Waals surface area contributed by atoms with Crippen molar-refractivity contribution >= 4 is 17.4 Å². The molecule has 0 fully saturated rings. The predicted molar refractivity (Wildman–Crippen MR) is 68.8 cm³/mol. The zero-order valence-corrected chi connectivity index (χ0v) is 10.8. The fourth-order valence-corrected chi connectivity index (χ4v) is 1.52. The molecule has 3 heteroatoms. The first-order valence-corrected chi connectivity index (χ1v) is 5.83. The largest absolute Gasteiger partial charge is 0.325 e. The average molecular weight is 233 g/mol. The number of hydrogen-bond acceptors (Lipinski definition) is 2. The van der Waals surface area contributed by atoms with Crippen LogP contribution in [-0.2, 0) is 9.59 Å². The molecular weight excluding hydrogens is 214 g/mol. The number of amides is 1. The second kappa shape index (κ2) is 5.62. The monoisotopic (exact) mass is 233 g/mol. The van der Waals surface area contributed by atoms with Crippen LogP contribution in [0.3, 0.4) is 0 Å². The summed E-state index contributed by atoms with van der Waals surface area (Å²) in [6.45, 7) is 7.23. The highest BCUT2D eigenvalue weighted by molar-refractivity contribution is 6.07. The van der Waals surface area contributed by atoms with Gasteiger partial charge in [-0.2, -0.15) is 0 Å². The summed E-state index contributed by atoms with van der Waals surface area (Å²) in [5.74, 6) is -0.993. The molecule has 1 rings (SSSR count). The maximum absolute atomic E-state index is 11.8. The second-order valence-electron chi connectivity index (χ2n) is 4.63. The molecule has 92 valence electrons. The van der Waals surface area contributed by atoms with Gasteiger partial charge < -0.3 is 5.32 Å². The van der Waals surface area contributed by atoms with E-state index in [-0.39, 0.29) is 17.6 Å². The van der Waals surface area contributed by atoms with Crippen molar-refractivity contribution in [2.75, 3.05) is 5.32 Å². The molecule has 0 saturated carbocycles. The van der Waals surface area contributed by atoms with E-state index in [1.165, 1.54) is 0 Å². The van der Waals surface area contributed by atoms with Crippen molar-refractivity contribution < 1.29 is 9.59 Å². The Morgan fingerprint density at radius 1 is 1.06 bits per heavy atom. The van der Waals surface area contributed by atoms with Gasteiger partial charge in [0.2, 0.25) is 5.91 Å². The highest BCUT2D eigenvalue weighted by atomic mass is 16.2. The lowest BCUT2D eigenvalue weighted by Crippen LogP contribution is -2.29. The average Bonchev–Trinajstić information content (AvgIpc) is 2.30. The number of carbonyl (C=O) groups is 2. The fraction of sp³-hybridized carbons (Fsp3) is 0.429. The van der Waals surface area contributed by atoms with Crippen LogP contribution in [0.2, 0.25) is 0 Å². The molecule has 1 N–H and O–H groups in total. The Bertz CT molecular complexity index is 407. The molecule has 0 saturated heterocycles. The first-order valence-electron chi connectivity index (χ1n) is 5.83. The summed E-state index contributed by atoms with van der Waals surface area (Å²) < 4.78 is 0. The third kappa shape index (κ3) is 3.70. The van der Waals surface area contributed by atoms with Crippen LogP contribution < -0.4 is 5.32 Å². The van der Waals surface area contributed by atoms with Crippen LogP contribution in [0.1, 0.15) is 26.3 Å². The predicted octanol–water partition coefficient (Wildman–Crippen LogP) is 2.79. The smallest absolute Gasteiger partial charge is 0.234 e. The third-order valence-corrected chi connectivity index (χ3v) is 2.71. The molecule has 3 nitrogen and oxygen atoms in total. The standard InChI is InChI=1S/C14H19NO2/c1-9(2)13(16)11(4)14(17)15-12-7-5-10(3)6-8-12/h5-9,11H,1-4H3,(H,15,17). The van der Waals surface area contributed by atoms with Gasteiger partial charge in [0.1, 0.15) is 5.78 Å². The molecule has 0 spiro atoms. The van der Waals surface area contributed by atoms with Crippen LogP contribution in [0.15, 0.2) is 24.3 Å². The van der Waals surface area contributed by atoms with E-state index in [1.54, 1.807) is 20.8 Å². The topological polar surface area (TPSA) is 46.2 Å². The van der Waals surface area contributed by atoms with Gasteiger partial charge in [0.15, 0.2) is 0 Å². The van der Waals surface area contributed by atoms with Crippen LogP contribution in [-0.4, -0.2) is 11.7 Å². The van der Waals surface area contributed by atoms with E-state index in [4.69, 9.17) is 0 Å². The summed E-state index contributed by atoms with van der Waals surface area (Å²) in [5.41, 5.74) is 1.86. The van der Waals surface area contributed by atoms with Gasteiger partial charge in [0.25, 0.3) is 0 Å². The van der Waals surface area contributed by atoms with Crippen molar-refractivity contribution in [2.45, 2.75) is 27.7 Å². The molecular formula is C14H19NO2. The van der Waals surface area contributed by atoms with Crippen LogP contribution in [0.25, 0.3) is 0 Å². The number of nitrogens with one attached hydrogen (secondary N) is 1. The van der Waals surface area contributed by atoms with Gasteiger partial charge in [-0.3, -0.25) is 9.59 Å². The number of benzene rings is 1. The van der Waals surface area contributed by atoms with E-state index in [0.717, 1.165) is 11.3 Å². The molecule has 0 aromatic heterocycles. The number of hydrogen-bond donors (Lipinski definition) is 1. The maximum atomic E-state index is 11.8. The summed E-state index contributed by atoms with van der Waals surface area (Å²) in [7, 11) is 0. The highest BCUT2D eigenvalue weighted by Crippen LogP contribution is 2.12. The Balaban J connectivity index is 2.66. The summed E-state index contributed by atoms with van der Waals surface area (Å²) in [6.07, 6.45) is 0. The van der Waals surface area contributed by atoms with Crippen molar-refractivity contribution in [3.63, 3.8) is 0 Å². The van der Waals surface area contributed by atoms with Crippen LogP contribution in [0, 0.1) is 18.8 Å². The second-order valence-corrected chi connectivity index (χ2v) is 4.63. The molecule has 0 aliphatic carbocycles. The van der Waals surface area contributed by atoms with Gasteiger partial charge in [0.05, 0.1) is 5.92 Å². The quantitative estimate of drug-likeness (QED) is 0.813. The van der Waals surface area contributed by atoms with Crippen molar-refractivity contribution in [3.8, 4) is 0 Å². The Morgan fingerprint density at radius 3 is 2.06 bits per heavy atom. The number of rotatable bonds is 4. The molecule has 0 aliphatic rings. The van der Waals surface area contributed by atoms with E-state index in [1.807, 2.05) is 31.2 Å². The Labute approximate surface area is 102 Å². The van der Waals surface area contributed by atoms with Gasteiger partial charge >= 0.3 is 0 Å². The van der Waals surface area contributed by atoms with Crippen molar-refractivity contribution in [1.82, 2.24) is 0 Å². The zero-order chi connectivity index (χ0) is 13.0. The summed E-state index contributed by atoms with van der Waals surface area (Å²) >= 11 is 0. The SMILES string of the molecule is Cc1ccc(NC(=O)C(C)C(=O)C(C)C)cc1. The molecule has 1 amide bonds.